The smallest absolute Gasteiger partial charge is 0.0230 e. The molecule has 0 saturated carbocycles. The minimum Gasteiger partial charge on any atom is -0.102 e. The lowest BCUT2D eigenvalue weighted by molar-refractivity contribution is 0.568. The molecule has 0 aromatic carbocycles. The Morgan fingerprint density at radius 2 is 1.70 bits per heavy atom. The lowest BCUT2D eigenvalue weighted by Gasteiger charge is -2.07. The lowest BCUT2D eigenvalue weighted by Crippen LogP contribution is -1.99. The molecule has 0 aliphatic heterocycles. The molecule has 0 aromatic heterocycles. The van der Waals surface area contributed by atoms with E-state index in [1.54, 1.807) is 0 Å². The summed E-state index contributed by atoms with van der Waals surface area (Å²) in [4.78, 5) is 0. The van der Waals surface area contributed by atoms with Crippen LogP contribution in [0.2, 0.25) is 0 Å². The van der Waals surface area contributed by atoms with Gasteiger partial charge in [0.15, 0.2) is 0 Å². The average molecular weight is 138 g/mol. The standard InChI is InChI=1S/C10H18/c1-9(2)7-6-8-10(3,4)5/h9H,7H2,1-5H3. The summed E-state index contributed by atoms with van der Waals surface area (Å²) < 4.78 is 0. The van der Waals surface area contributed by atoms with Crippen molar-refractivity contribution in [2.45, 2.75) is 41.0 Å². The van der Waals surface area contributed by atoms with E-state index in [2.05, 4.69) is 46.5 Å². The van der Waals surface area contributed by atoms with Gasteiger partial charge in [-0.25, -0.2) is 0 Å². The Morgan fingerprint density at radius 3 is 2.00 bits per heavy atom. The van der Waals surface area contributed by atoms with E-state index in [0.717, 1.165) is 6.42 Å². The van der Waals surface area contributed by atoms with E-state index >= 15 is 0 Å². The number of rotatable bonds is 1. The topological polar surface area (TPSA) is 0 Å². The molecular weight excluding hydrogens is 120 g/mol. The second-order valence-corrected chi connectivity index (χ2v) is 4.15. The highest BCUT2D eigenvalue weighted by Gasteiger charge is 2.02. The fraction of sp³-hybridized carbons (Fsp3) is 0.800. The van der Waals surface area contributed by atoms with Crippen LogP contribution < -0.4 is 0 Å². The van der Waals surface area contributed by atoms with Crippen LogP contribution in [0.15, 0.2) is 0 Å². The van der Waals surface area contributed by atoms with Gasteiger partial charge in [0.2, 0.25) is 0 Å². The first-order valence-corrected chi connectivity index (χ1v) is 3.92. The summed E-state index contributed by atoms with van der Waals surface area (Å²) in [5, 5.41) is 0. The van der Waals surface area contributed by atoms with Crippen LogP contribution in [0.3, 0.4) is 0 Å². The predicted octanol–water partition coefficient (Wildman–Crippen LogP) is 3.08. The Morgan fingerprint density at radius 1 is 1.20 bits per heavy atom. The normalized spacial score (nSPS) is 11.0. The maximum absolute atomic E-state index is 3.20. The first kappa shape index (κ1) is 9.56. The maximum Gasteiger partial charge on any atom is 0.0230 e. The minimum atomic E-state index is 0.175. The highest BCUT2D eigenvalue weighted by atomic mass is 14.1. The summed E-state index contributed by atoms with van der Waals surface area (Å²) >= 11 is 0. The molecule has 0 spiro atoms. The molecule has 0 heterocycles. The third-order valence-corrected chi connectivity index (χ3v) is 0.974. The molecule has 0 nitrogen and oxygen atoms in total. The summed E-state index contributed by atoms with van der Waals surface area (Å²) in [5.74, 6) is 7.08. The quantitative estimate of drug-likeness (QED) is 0.488. The SMILES string of the molecule is CC(C)CC#CC(C)(C)C. The van der Waals surface area contributed by atoms with Gasteiger partial charge in [-0.2, -0.15) is 0 Å². The average Bonchev–Trinajstić information content (AvgIpc) is 1.59. The summed E-state index contributed by atoms with van der Waals surface area (Å²) in [5.41, 5.74) is 0.175. The highest BCUT2D eigenvalue weighted by molar-refractivity contribution is 5.07. The summed E-state index contributed by atoms with van der Waals surface area (Å²) in [6.07, 6.45) is 1.03. The fourth-order valence-corrected chi connectivity index (χ4v) is 0.520. The van der Waals surface area contributed by atoms with Crippen molar-refractivity contribution in [2.75, 3.05) is 0 Å². The molecule has 0 atom stereocenters. The molecule has 0 aromatic rings. The molecule has 0 rings (SSSR count). The van der Waals surface area contributed by atoms with Gasteiger partial charge in [-0.3, -0.25) is 0 Å². The largest absolute Gasteiger partial charge is 0.102 e. The molecule has 0 heteroatoms. The van der Waals surface area contributed by atoms with E-state index in [4.69, 9.17) is 0 Å². The first-order chi connectivity index (χ1) is 4.42. The zero-order valence-corrected chi connectivity index (χ0v) is 7.78. The summed E-state index contributed by atoms with van der Waals surface area (Å²) in [6.45, 7) is 10.8. The van der Waals surface area contributed by atoms with Crippen molar-refractivity contribution in [3.63, 3.8) is 0 Å². The summed E-state index contributed by atoms with van der Waals surface area (Å²) in [6, 6.07) is 0. The Hall–Kier alpha value is -0.440. The van der Waals surface area contributed by atoms with E-state index in [9.17, 15) is 0 Å². The van der Waals surface area contributed by atoms with Gasteiger partial charge in [0.1, 0.15) is 0 Å². The van der Waals surface area contributed by atoms with Crippen LogP contribution in [-0.4, -0.2) is 0 Å². The Kier molecular flexibility index (Phi) is 3.50. The van der Waals surface area contributed by atoms with Crippen LogP contribution in [0, 0.1) is 23.2 Å². The molecule has 10 heavy (non-hydrogen) atoms. The van der Waals surface area contributed by atoms with Crippen molar-refractivity contribution in [3.05, 3.63) is 0 Å². The highest BCUT2D eigenvalue weighted by Crippen LogP contribution is 2.10. The second-order valence-electron chi connectivity index (χ2n) is 4.15. The van der Waals surface area contributed by atoms with Gasteiger partial charge in [-0.1, -0.05) is 19.8 Å². The third-order valence-electron chi connectivity index (χ3n) is 0.974. The van der Waals surface area contributed by atoms with E-state index < -0.39 is 0 Å². The van der Waals surface area contributed by atoms with Gasteiger partial charge < -0.3 is 0 Å². The zero-order valence-electron chi connectivity index (χ0n) is 7.78. The van der Waals surface area contributed by atoms with Crippen LogP contribution in [0.25, 0.3) is 0 Å². The van der Waals surface area contributed by atoms with Gasteiger partial charge in [0, 0.05) is 11.8 Å². The molecular formula is C10H18. The Labute approximate surface area is 65.0 Å². The molecule has 0 bridgehead atoms. The van der Waals surface area contributed by atoms with Crippen molar-refractivity contribution in [1.29, 1.82) is 0 Å². The molecule has 0 fully saturated rings. The van der Waals surface area contributed by atoms with Crippen LogP contribution in [0.4, 0.5) is 0 Å². The fourth-order valence-electron chi connectivity index (χ4n) is 0.520. The predicted molar refractivity (Wildman–Crippen MR) is 46.7 cm³/mol. The van der Waals surface area contributed by atoms with Crippen LogP contribution in [-0.2, 0) is 0 Å². The third kappa shape index (κ3) is 7.56. The lowest BCUT2D eigenvalue weighted by atomic mass is 9.97. The van der Waals surface area contributed by atoms with E-state index in [1.807, 2.05) is 0 Å². The van der Waals surface area contributed by atoms with Crippen molar-refractivity contribution < 1.29 is 0 Å². The van der Waals surface area contributed by atoms with Gasteiger partial charge in [0.25, 0.3) is 0 Å². The van der Waals surface area contributed by atoms with Gasteiger partial charge in [-0.05, 0) is 26.7 Å². The molecule has 0 N–H and O–H groups in total. The van der Waals surface area contributed by atoms with Crippen LogP contribution >= 0.6 is 0 Å². The molecule has 0 saturated heterocycles. The van der Waals surface area contributed by atoms with Crippen LogP contribution in [0.5, 0.6) is 0 Å². The number of hydrogen-bond donors (Lipinski definition) is 0. The van der Waals surface area contributed by atoms with Crippen LogP contribution in [0.1, 0.15) is 41.0 Å². The van der Waals surface area contributed by atoms with Crippen molar-refractivity contribution in [2.24, 2.45) is 11.3 Å². The van der Waals surface area contributed by atoms with E-state index in [1.165, 1.54) is 0 Å². The van der Waals surface area contributed by atoms with Crippen molar-refractivity contribution in [3.8, 4) is 11.8 Å². The first-order valence-electron chi connectivity index (χ1n) is 3.92. The molecule has 0 amide bonds. The molecule has 0 aliphatic rings. The van der Waals surface area contributed by atoms with E-state index in [0.29, 0.717) is 5.92 Å². The molecule has 0 aliphatic carbocycles. The monoisotopic (exact) mass is 138 g/mol. The minimum absolute atomic E-state index is 0.175. The second kappa shape index (κ2) is 3.66. The van der Waals surface area contributed by atoms with Gasteiger partial charge in [0.05, 0.1) is 0 Å². The molecule has 0 unspecified atom stereocenters. The van der Waals surface area contributed by atoms with Gasteiger partial charge in [-0.15, -0.1) is 5.92 Å². The zero-order chi connectivity index (χ0) is 8.20. The van der Waals surface area contributed by atoms with E-state index in [-0.39, 0.29) is 5.41 Å². The molecule has 58 valence electrons. The van der Waals surface area contributed by atoms with Gasteiger partial charge >= 0.3 is 0 Å². The van der Waals surface area contributed by atoms with Crippen molar-refractivity contribution >= 4 is 0 Å². The summed E-state index contributed by atoms with van der Waals surface area (Å²) in [7, 11) is 0. The molecule has 0 radical (unpaired) electrons. The maximum atomic E-state index is 3.20. The number of hydrogen-bond acceptors (Lipinski definition) is 0. The Bertz CT molecular complexity index is 136. The van der Waals surface area contributed by atoms with Crippen molar-refractivity contribution in [1.82, 2.24) is 0 Å². The Balaban J connectivity index is 3.71.